The van der Waals surface area contributed by atoms with E-state index in [4.69, 9.17) is 10.3 Å². The first-order chi connectivity index (χ1) is 6.45. The second kappa shape index (κ2) is 6.52. The van der Waals surface area contributed by atoms with Crippen molar-refractivity contribution in [1.82, 2.24) is 4.67 Å². The third-order valence-corrected chi connectivity index (χ3v) is 4.36. The van der Waals surface area contributed by atoms with Gasteiger partial charge in [-0.05, 0) is 27.7 Å². The van der Waals surface area contributed by atoms with E-state index in [0.717, 1.165) is 5.31 Å². The highest BCUT2D eigenvalue weighted by atomic mass is 31.2. The summed E-state index contributed by atoms with van der Waals surface area (Å²) in [6.45, 7) is 13.1. The van der Waals surface area contributed by atoms with Crippen molar-refractivity contribution in [2.75, 3.05) is 13.7 Å². The van der Waals surface area contributed by atoms with Crippen molar-refractivity contribution in [3.63, 3.8) is 0 Å². The molecule has 0 aromatic heterocycles. The lowest BCUT2D eigenvalue weighted by atomic mass is 10.3. The molecule has 0 aliphatic rings. The molecule has 1 unspecified atom stereocenters. The monoisotopic (exact) mass is 218 g/mol. The van der Waals surface area contributed by atoms with E-state index in [1.54, 1.807) is 7.11 Å². The zero-order valence-electron chi connectivity index (χ0n) is 9.95. The molecular weight excluding hydrogens is 195 g/mol. The highest BCUT2D eigenvalue weighted by molar-refractivity contribution is 7.54. The van der Waals surface area contributed by atoms with E-state index in [-0.39, 0.29) is 0 Å². The number of nitrogens with two attached hydrogens (primary N) is 1. The van der Waals surface area contributed by atoms with Crippen LogP contribution in [-0.4, -0.2) is 30.4 Å². The van der Waals surface area contributed by atoms with Crippen molar-refractivity contribution in [1.29, 1.82) is 0 Å². The van der Waals surface area contributed by atoms with Gasteiger partial charge in [-0.15, -0.1) is 0 Å². The SMILES string of the molecule is C=C(CN)P(OC)N(C(C)C)C(C)C. The van der Waals surface area contributed by atoms with Crippen LogP contribution in [0.1, 0.15) is 27.7 Å². The average Bonchev–Trinajstić information content (AvgIpc) is 2.11. The average molecular weight is 218 g/mol. The Labute approximate surface area is 89.2 Å². The fourth-order valence-corrected chi connectivity index (χ4v) is 3.25. The second-order valence-electron chi connectivity index (χ2n) is 3.79. The van der Waals surface area contributed by atoms with Gasteiger partial charge in [-0.25, -0.2) is 0 Å². The van der Waals surface area contributed by atoms with Crippen molar-refractivity contribution in [2.45, 2.75) is 39.8 Å². The molecule has 14 heavy (non-hydrogen) atoms. The van der Waals surface area contributed by atoms with Gasteiger partial charge in [0.05, 0.1) is 0 Å². The summed E-state index contributed by atoms with van der Waals surface area (Å²) in [7, 11) is 0.978. The Bertz CT molecular complexity index is 175. The largest absolute Gasteiger partial charge is 0.343 e. The minimum absolute atomic E-state index is 0.448. The van der Waals surface area contributed by atoms with E-state index in [1.165, 1.54) is 0 Å². The molecule has 0 heterocycles. The molecule has 0 aliphatic carbocycles. The van der Waals surface area contributed by atoms with Crippen molar-refractivity contribution in [2.24, 2.45) is 5.73 Å². The summed E-state index contributed by atoms with van der Waals surface area (Å²) in [5.41, 5.74) is 5.60. The van der Waals surface area contributed by atoms with Crippen LogP contribution in [0.3, 0.4) is 0 Å². The molecule has 0 radical (unpaired) electrons. The van der Waals surface area contributed by atoms with Crippen LogP contribution in [0.2, 0.25) is 0 Å². The first kappa shape index (κ1) is 14.1. The summed E-state index contributed by atoms with van der Waals surface area (Å²) >= 11 is 0. The molecule has 0 aromatic rings. The van der Waals surface area contributed by atoms with Crippen LogP contribution >= 0.6 is 8.30 Å². The molecule has 1 atom stereocenters. The predicted octanol–water partition coefficient (Wildman–Crippen LogP) is 2.54. The Morgan fingerprint density at radius 2 is 1.79 bits per heavy atom. The summed E-state index contributed by atoms with van der Waals surface area (Å²) in [6.07, 6.45) is 0. The van der Waals surface area contributed by atoms with Crippen molar-refractivity contribution >= 4 is 8.30 Å². The summed E-state index contributed by atoms with van der Waals surface area (Å²) in [6, 6.07) is 0.897. The smallest absolute Gasteiger partial charge is 0.134 e. The lowest BCUT2D eigenvalue weighted by Crippen LogP contribution is -2.33. The van der Waals surface area contributed by atoms with Crippen molar-refractivity contribution in [3.05, 3.63) is 11.9 Å². The van der Waals surface area contributed by atoms with Gasteiger partial charge in [0.1, 0.15) is 8.30 Å². The molecule has 0 aromatic carbocycles. The van der Waals surface area contributed by atoms with Gasteiger partial charge in [-0.1, -0.05) is 6.58 Å². The maximum absolute atomic E-state index is 5.60. The van der Waals surface area contributed by atoms with Gasteiger partial charge in [0.25, 0.3) is 0 Å². The van der Waals surface area contributed by atoms with Crippen LogP contribution in [-0.2, 0) is 4.52 Å². The van der Waals surface area contributed by atoms with Crippen molar-refractivity contribution in [3.8, 4) is 0 Å². The molecule has 0 spiro atoms. The molecule has 0 rings (SSSR count). The molecule has 4 heteroatoms. The molecule has 0 fully saturated rings. The lowest BCUT2D eigenvalue weighted by molar-refractivity contribution is 0.283. The lowest BCUT2D eigenvalue weighted by Gasteiger charge is -2.36. The highest BCUT2D eigenvalue weighted by Gasteiger charge is 2.25. The standard InChI is InChI=1S/C10H23N2OP/c1-8(2)12(9(3)4)14(13-6)10(5)7-11/h8-9H,5,7,11H2,1-4,6H3. The molecule has 0 amide bonds. The molecule has 3 nitrogen and oxygen atoms in total. The fourth-order valence-electron chi connectivity index (χ4n) is 1.48. The Morgan fingerprint density at radius 3 is 2.00 bits per heavy atom. The topological polar surface area (TPSA) is 38.5 Å². The first-order valence-corrected chi connectivity index (χ1v) is 6.17. The van der Waals surface area contributed by atoms with Gasteiger partial charge in [-0.2, -0.15) is 0 Å². The Hall–Kier alpha value is 0.0500. The minimum Gasteiger partial charge on any atom is -0.343 e. The Kier molecular flexibility index (Phi) is 6.54. The molecule has 0 saturated carbocycles. The normalized spacial score (nSPS) is 14.1. The van der Waals surface area contributed by atoms with E-state index in [2.05, 4.69) is 38.9 Å². The van der Waals surface area contributed by atoms with E-state index in [0.29, 0.717) is 18.6 Å². The summed E-state index contributed by atoms with van der Waals surface area (Å²) in [4.78, 5) is 0. The van der Waals surface area contributed by atoms with Gasteiger partial charge in [0.2, 0.25) is 0 Å². The quantitative estimate of drug-likeness (QED) is 0.696. The van der Waals surface area contributed by atoms with Crippen LogP contribution in [0.4, 0.5) is 0 Å². The van der Waals surface area contributed by atoms with Crippen LogP contribution in [0.5, 0.6) is 0 Å². The number of hydrogen-bond acceptors (Lipinski definition) is 3. The number of hydrogen-bond donors (Lipinski definition) is 1. The van der Waals surface area contributed by atoms with Crippen molar-refractivity contribution < 1.29 is 4.52 Å². The zero-order valence-corrected chi connectivity index (χ0v) is 10.8. The predicted molar refractivity (Wildman–Crippen MR) is 64.2 cm³/mol. The van der Waals surface area contributed by atoms with Crippen LogP contribution in [0.15, 0.2) is 11.9 Å². The number of nitrogens with zero attached hydrogens (tertiary/aromatic N) is 1. The number of rotatable bonds is 6. The second-order valence-corrected chi connectivity index (χ2v) is 5.80. The zero-order chi connectivity index (χ0) is 11.3. The Balaban J connectivity index is 4.67. The first-order valence-electron chi connectivity index (χ1n) is 4.96. The van der Waals surface area contributed by atoms with Gasteiger partial charge >= 0.3 is 0 Å². The molecule has 0 saturated heterocycles. The van der Waals surface area contributed by atoms with Crippen LogP contribution in [0.25, 0.3) is 0 Å². The van der Waals surface area contributed by atoms with E-state index in [9.17, 15) is 0 Å². The minimum atomic E-state index is -0.748. The van der Waals surface area contributed by atoms with E-state index < -0.39 is 8.30 Å². The maximum atomic E-state index is 5.60. The third-order valence-electron chi connectivity index (χ3n) is 1.95. The van der Waals surface area contributed by atoms with Gasteiger partial charge in [-0.3, -0.25) is 4.67 Å². The van der Waals surface area contributed by atoms with E-state index >= 15 is 0 Å². The summed E-state index contributed by atoms with van der Waals surface area (Å²) < 4.78 is 7.82. The molecule has 2 N–H and O–H groups in total. The van der Waals surface area contributed by atoms with E-state index in [1.807, 2.05) is 0 Å². The molecule has 0 bridgehead atoms. The fraction of sp³-hybridized carbons (Fsp3) is 0.800. The molecule has 84 valence electrons. The summed E-state index contributed by atoms with van der Waals surface area (Å²) in [5, 5.41) is 0.991. The van der Waals surface area contributed by atoms with Gasteiger partial charge < -0.3 is 10.3 Å². The third kappa shape index (κ3) is 3.66. The van der Waals surface area contributed by atoms with Gasteiger partial charge in [0.15, 0.2) is 0 Å². The highest BCUT2D eigenvalue weighted by Crippen LogP contribution is 2.49. The van der Waals surface area contributed by atoms with Crippen LogP contribution < -0.4 is 5.73 Å². The van der Waals surface area contributed by atoms with Crippen LogP contribution in [0, 0.1) is 0 Å². The van der Waals surface area contributed by atoms with Gasteiger partial charge in [0, 0.05) is 31.1 Å². The maximum Gasteiger partial charge on any atom is 0.134 e. The molecule has 0 aliphatic heterocycles. The Morgan fingerprint density at radius 1 is 1.36 bits per heavy atom. The molecular formula is C10H23N2OP. The summed E-state index contributed by atoms with van der Waals surface area (Å²) in [5.74, 6) is 0.